The Morgan fingerprint density at radius 3 is 2.42 bits per heavy atom. The Bertz CT molecular complexity index is 298. The summed E-state index contributed by atoms with van der Waals surface area (Å²) in [4.78, 5) is 24.4. The zero-order valence-electron chi connectivity index (χ0n) is 11.9. The third-order valence-corrected chi connectivity index (χ3v) is 3.62. The summed E-state index contributed by atoms with van der Waals surface area (Å²) in [5, 5.41) is 8.71. The van der Waals surface area contributed by atoms with E-state index in [9.17, 15) is 9.59 Å². The van der Waals surface area contributed by atoms with Crippen molar-refractivity contribution in [3.63, 3.8) is 0 Å². The first kappa shape index (κ1) is 16.0. The van der Waals surface area contributed by atoms with Gasteiger partial charge in [0, 0.05) is 32.2 Å². The Kier molecular flexibility index (Phi) is 6.84. The fraction of sp³-hybridized carbons (Fsp3) is 0.857. The van der Waals surface area contributed by atoms with Gasteiger partial charge >= 0.3 is 5.97 Å². The Morgan fingerprint density at radius 2 is 1.89 bits per heavy atom. The third kappa shape index (κ3) is 6.05. The summed E-state index contributed by atoms with van der Waals surface area (Å²) in [6.07, 6.45) is 3.48. The molecule has 1 aliphatic heterocycles. The van der Waals surface area contributed by atoms with Gasteiger partial charge in [0.25, 0.3) is 0 Å². The van der Waals surface area contributed by atoms with Crippen LogP contribution in [-0.4, -0.2) is 47.7 Å². The van der Waals surface area contributed by atoms with Crippen LogP contribution in [0.15, 0.2) is 0 Å². The first-order chi connectivity index (χ1) is 9.00. The first-order valence-corrected chi connectivity index (χ1v) is 7.09. The summed E-state index contributed by atoms with van der Waals surface area (Å²) in [5.74, 6) is -0.211. The molecular formula is C14H25NO4. The lowest BCUT2D eigenvalue weighted by Gasteiger charge is -2.28. The molecule has 1 rings (SSSR count). The smallest absolute Gasteiger partial charge is 0.305 e. The molecule has 0 radical (unpaired) electrons. The number of carbonyl (C=O) groups is 2. The van der Waals surface area contributed by atoms with Crippen molar-refractivity contribution in [2.45, 2.75) is 52.0 Å². The molecule has 0 unspecified atom stereocenters. The number of carboxylic acids is 1. The molecule has 0 atom stereocenters. The number of hydrogen-bond acceptors (Lipinski definition) is 3. The maximum Gasteiger partial charge on any atom is 0.305 e. The van der Waals surface area contributed by atoms with Crippen LogP contribution in [0.3, 0.4) is 0 Å². The molecule has 0 aromatic carbocycles. The molecule has 1 amide bonds. The van der Waals surface area contributed by atoms with Crippen molar-refractivity contribution < 1.29 is 19.4 Å². The lowest BCUT2D eigenvalue weighted by Crippen LogP contribution is -2.38. The van der Waals surface area contributed by atoms with Crippen LogP contribution in [0, 0.1) is 5.92 Å². The SMILES string of the molecule is CC(C)N(CCC(=O)O)C(=O)CCC1CCOCC1. The second kappa shape index (κ2) is 8.15. The van der Waals surface area contributed by atoms with Gasteiger partial charge < -0.3 is 14.7 Å². The number of hydrogen-bond donors (Lipinski definition) is 1. The van der Waals surface area contributed by atoms with Gasteiger partial charge in [-0.1, -0.05) is 0 Å². The number of nitrogens with zero attached hydrogens (tertiary/aromatic N) is 1. The second-order valence-electron chi connectivity index (χ2n) is 5.42. The van der Waals surface area contributed by atoms with Crippen LogP contribution in [-0.2, 0) is 14.3 Å². The topological polar surface area (TPSA) is 66.8 Å². The monoisotopic (exact) mass is 271 g/mol. The maximum atomic E-state index is 12.1. The minimum absolute atomic E-state index is 0.0151. The van der Waals surface area contributed by atoms with E-state index in [0.717, 1.165) is 32.5 Å². The van der Waals surface area contributed by atoms with E-state index in [-0.39, 0.29) is 18.4 Å². The average Bonchev–Trinajstić information content (AvgIpc) is 2.37. The molecule has 1 aliphatic rings. The number of ether oxygens (including phenoxy) is 1. The number of rotatable bonds is 7. The van der Waals surface area contributed by atoms with Gasteiger partial charge in [0.05, 0.1) is 6.42 Å². The maximum absolute atomic E-state index is 12.1. The first-order valence-electron chi connectivity index (χ1n) is 7.09. The number of aliphatic carboxylic acids is 1. The van der Waals surface area contributed by atoms with E-state index < -0.39 is 5.97 Å². The van der Waals surface area contributed by atoms with Crippen LogP contribution < -0.4 is 0 Å². The summed E-state index contributed by atoms with van der Waals surface area (Å²) in [6, 6.07) is 0.0570. The van der Waals surface area contributed by atoms with Crippen LogP contribution in [0.25, 0.3) is 0 Å². The fourth-order valence-corrected chi connectivity index (χ4v) is 2.39. The minimum Gasteiger partial charge on any atom is -0.481 e. The van der Waals surface area contributed by atoms with E-state index in [2.05, 4.69) is 0 Å². The highest BCUT2D eigenvalue weighted by Gasteiger charge is 2.20. The average molecular weight is 271 g/mol. The summed E-state index contributed by atoms with van der Waals surface area (Å²) >= 11 is 0. The van der Waals surface area contributed by atoms with Crippen molar-refractivity contribution in [2.24, 2.45) is 5.92 Å². The Hall–Kier alpha value is -1.10. The standard InChI is InChI=1S/C14H25NO4/c1-11(2)15(8-5-14(17)18)13(16)4-3-12-6-9-19-10-7-12/h11-12H,3-10H2,1-2H3,(H,17,18). The zero-order chi connectivity index (χ0) is 14.3. The second-order valence-corrected chi connectivity index (χ2v) is 5.42. The summed E-state index contributed by atoms with van der Waals surface area (Å²) < 4.78 is 5.30. The normalized spacial score (nSPS) is 16.6. The number of carbonyl (C=O) groups excluding carboxylic acids is 1. The fourth-order valence-electron chi connectivity index (χ4n) is 2.39. The molecular weight excluding hydrogens is 246 g/mol. The van der Waals surface area contributed by atoms with Gasteiger partial charge in [0.2, 0.25) is 5.91 Å². The molecule has 0 bridgehead atoms. The zero-order valence-corrected chi connectivity index (χ0v) is 11.9. The molecule has 1 saturated heterocycles. The van der Waals surface area contributed by atoms with E-state index >= 15 is 0 Å². The lowest BCUT2D eigenvalue weighted by molar-refractivity contribution is -0.139. The molecule has 1 N–H and O–H groups in total. The van der Waals surface area contributed by atoms with E-state index in [4.69, 9.17) is 9.84 Å². The molecule has 5 nitrogen and oxygen atoms in total. The summed E-state index contributed by atoms with van der Waals surface area (Å²) in [7, 11) is 0. The van der Waals surface area contributed by atoms with E-state index in [1.165, 1.54) is 0 Å². The molecule has 19 heavy (non-hydrogen) atoms. The molecule has 5 heteroatoms. The van der Waals surface area contributed by atoms with E-state index in [1.54, 1.807) is 4.90 Å². The predicted molar refractivity (Wildman–Crippen MR) is 71.9 cm³/mol. The quantitative estimate of drug-likeness (QED) is 0.768. The lowest BCUT2D eigenvalue weighted by atomic mass is 9.94. The highest BCUT2D eigenvalue weighted by atomic mass is 16.5. The number of carboxylic acid groups (broad SMARTS) is 1. The van der Waals surface area contributed by atoms with Crippen molar-refractivity contribution in [1.29, 1.82) is 0 Å². The van der Waals surface area contributed by atoms with Crippen LogP contribution in [0.2, 0.25) is 0 Å². The van der Waals surface area contributed by atoms with Crippen LogP contribution >= 0.6 is 0 Å². The third-order valence-electron chi connectivity index (χ3n) is 3.62. The molecule has 0 aromatic rings. The van der Waals surface area contributed by atoms with Crippen molar-refractivity contribution in [3.8, 4) is 0 Å². The molecule has 1 fully saturated rings. The summed E-state index contributed by atoms with van der Waals surface area (Å²) in [6.45, 7) is 5.75. The molecule has 110 valence electrons. The Morgan fingerprint density at radius 1 is 1.26 bits per heavy atom. The molecule has 0 spiro atoms. The predicted octanol–water partition coefficient (Wildman–Crippen LogP) is 1.90. The minimum atomic E-state index is -0.858. The summed E-state index contributed by atoms with van der Waals surface area (Å²) in [5.41, 5.74) is 0. The molecule has 1 heterocycles. The van der Waals surface area contributed by atoms with Gasteiger partial charge in [0.15, 0.2) is 0 Å². The van der Waals surface area contributed by atoms with Gasteiger partial charge in [0.1, 0.15) is 0 Å². The highest BCUT2D eigenvalue weighted by Crippen LogP contribution is 2.20. The van der Waals surface area contributed by atoms with Crippen molar-refractivity contribution in [3.05, 3.63) is 0 Å². The Labute approximate surface area is 114 Å². The van der Waals surface area contributed by atoms with Gasteiger partial charge in [-0.3, -0.25) is 9.59 Å². The van der Waals surface area contributed by atoms with Gasteiger partial charge in [-0.25, -0.2) is 0 Å². The Balaban J connectivity index is 2.36. The van der Waals surface area contributed by atoms with Crippen molar-refractivity contribution in [1.82, 2.24) is 4.90 Å². The van der Waals surface area contributed by atoms with Crippen molar-refractivity contribution in [2.75, 3.05) is 19.8 Å². The van der Waals surface area contributed by atoms with E-state index in [0.29, 0.717) is 18.9 Å². The largest absolute Gasteiger partial charge is 0.481 e. The molecule has 0 aromatic heterocycles. The molecule has 0 saturated carbocycles. The number of amides is 1. The van der Waals surface area contributed by atoms with Gasteiger partial charge in [-0.05, 0) is 39.0 Å². The molecule has 0 aliphatic carbocycles. The van der Waals surface area contributed by atoms with Crippen molar-refractivity contribution >= 4 is 11.9 Å². The highest BCUT2D eigenvalue weighted by molar-refractivity contribution is 5.77. The van der Waals surface area contributed by atoms with E-state index in [1.807, 2.05) is 13.8 Å². The van der Waals surface area contributed by atoms with Crippen LogP contribution in [0.5, 0.6) is 0 Å². The van der Waals surface area contributed by atoms with Gasteiger partial charge in [-0.15, -0.1) is 0 Å². The van der Waals surface area contributed by atoms with Crippen LogP contribution in [0.4, 0.5) is 0 Å². The van der Waals surface area contributed by atoms with Crippen LogP contribution in [0.1, 0.15) is 46.0 Å². The van der Waals surface area contributed by atoms with Gasteiger partial charge in [-0.2, -0.15) is 0 Å².